The largest absolute Gasteiger partial charge is 0.511 e. The molecule has 23 heavy (non-hydrogen) atoms. The Bertz CT molecular complexity index is 677. The van der Waals surface area contributed by atoms with Crippen molar-refractivity contribution >= 4 is 44.3 Å². The summed E-state index contributed by atoms with van der Waals surface area (Å²) in [5, 5.41) is 0. The highest BCUT2D eigenvalue weighted by atomic mass is 127. The number of alkyl halides is 3. The first kappa shape index (κ1) is 20.0. The smallest absolute Gasteiger partial charge is 0.461 e. The van der Waals surface area contributed by atoms with Gasteiger partial charge in [0.1, 0.15) is 6.61 Å². The average molecular weight is 466 g/mol. The second kappa shape index (κ2) is 7.66. The number of sulfonamides is 1. The number of nitrogens with one attached hydrogen (secondary N) is 1. The Morgan fingerprint density at radius 2 is 1.96 bits per heavy atom. The van der Waals surface area contributed by atoms with Crippen molar-refractivity contribution in [3.8, 4) is 0 Å². The zero-order chi connectivity index (χ0) is 17.8. The van der Waals surface area contributed by atoms with Crippen molar-refractivity contribution in [2.24, 2.45) is 0 Å². The monoisotopic (exact) mass is 466 g/mol. The van der Waals surface area contributed by atoms with Crippen LogP contribution in [0, 0.1) is 3.57 Å². The van der Waals surface area contributed by atoms with Crippen LogP contribution >= 0.6 is 22.6 Å². The lowest BCUT2D eigenvalue weighted by Gasteiger charge is -2.15. The number of hydrogen-bond donors (Lipinski definition) is 1. The van der Waals surface area contributed by atoms with Crippen LogP contribution in [0.25, 0.3) is 0 Å². The van der Waals surface area contributed by atoms with Gasteiger partial charge in [-0.15, -0.1) is 0 Å². The minimum Gasteiger partial charge on any atom is -0.461 e. The molecule has 0 aliphatic rings. The second-order valence-electron chi connectivity index (χ2n) is 4.54. The van der Waals surface area contributed by atoms with Gasteiger partial charge in [-0.3, -0.25) is 0 Å². The molecule has 6 nitrogen and oxygen atoms in total. The summed E-state index contributed by atoms with van der Waals surface area (Å²) >= 11 is 2.03. The van der Waals surface area contributed by atoms with E-state index in [1.165, 1.54) is 10.8 Å². The number of rotatable bonds is 6. The van der Waals surface area contributed by atoms with Crippen LogP contribution in [-0.4, -0.2) is 47.1 Å². The fourth-order valence-electron chi connectivity index (χ4n) is 1.48. The Morgan fingerprint density at radius 1 is 1.35 bits per heavy atom. The Kier molecular flexibility index (Phi) is 6.65. The molecule has 0 bridgehead atoms. The maximum atomic E-state index is 12.1. The quantitative estimate of drug-likeness (QED) is 0.394. The molecule has 0 spiro atoms. The number of ether oxygens (including phenoxy) is 1. The van der Waals surface area contributed by atoms with Crippen LogP contribution in [0.2, 0.25) is 0 Å². The zero-order valence-corrected chi connectivity index (χ0v) is 15.1. The topological polar surface area (TPSA) is 75.7 Å². The molecule has 0 aliphatic heterocycles. The van der Waals surface area contributed by atoms with Crippen LogP contribution in [0.4, 0.5) is 18.9 Å². The first-order valence-corrected chi connectivity index (χ1v) is 8.72. The van der Waals surface area contributed by atoms with Crippen LogP contribution < -0.4 is 9.62 Å². The van der Waals surface area contributed by atoms with E-state index in [0.717, 1.165) is 9.26 Å². The summed E-state index contributed by atoms with van der Waals surface area (Å²) in [5.41, 5.74) is -4.28. The van der Waals surface area contributed by atoms with E-state index in [2.05, 4.69) is 0 Å². The lowest BCUT2D eigenvalue weighted by Crippen LogP contribution is -2.38. The maximum absolute atomic E-state index is 12.1. The number of nitrogens with zero attached hydrogens (tertiary/aromatic N) is 1. The van der Waals surface area contributed by atoms with E-state index >= 15 is 0 Å². The van der Waals surface area contributed by atoms with E-state index in [1.807, 2.05) is 41.6 Å². The number of esters is 1. The third-order valence-electron chi connectivity index (χ3n) is 2.60. The molecule has 1 N–H and O–H groups in total. The Morgan fingerprint density at radius 3 is 2.43 bits per heavy atom. The van der Waals surface area contributed by atoms with Crippen LogP contribution in [0.1, 0.15) is 10.4 Å². The number of carbonyl (C=O) groups excluding carboxylic acids is 1. The molecule has 0 aliphatic carbocycles. The molecule has 0 amide bonds. The third-order valence-corrected chi connectivity index (χ3v) is 4.65. The van der Waals surface area contributed by atoms with Gasteiger partial charge in [0.05, 0.1) is 5.56 Å². The van der Waals surface area contributed by atoms with Crippen LogP contribution in [0.3, 0.4) is 0 Å². The first-order chi connectivity index (χ1) is 10.5. The van der Waals surface area contributed by atoms with Gasteiger partial charge in [-0.05, 0) is 40.8 Å². The Labute approximate surface area is 145 Å². The summed E-state index contributed by atoms with van der Waals surface area (Å²) in [5.74, 6) is -0.751. The molecule has 0 saturated heterocycles. The molecule has 0 heterocycles. The molecule has 130 valence electrons. The lowest BCUT2D eigenvalue weighted by molar-refractivity contribution is -0.0448. The summed E-state index contributed by atoms with van der Waals surface area (Å²) in [6.45, 7) is -1.18. The standard InChI is InChI=1S/C12H14F3IN2O4S/c1-18(2)10-4-3-8(7-9(10)16)11(19)22-6-5-17-23(20,21)12(13,14)15/h3-4,7,17H,5-6H2,1-2H3. The number of benzene rings is 1. The molecular formula is C12H14F3IN2O4S. The molecule has 0 unspecified atom stereocenters. The molecular weight excluding hydrogens is 452 g/mol. The van der Waals surface area contributed by atoms with E-state index in [4.69, 9.17) is 4.74 Å². The van der Waals surface area contributed by atoms with Gasteiger partial charge in [-0.2, -0.15) is 13.2 Å². The average Bonchev–Trinajstić information content (AvgIpc) is 2.41. The second-order valence-corrected chi connectivity index (χ2v) is 7.46. The summed E-state index contributed by atoms with van der Waals surface area (Å²) in [6.07, 6.45) is 0. The molecule has 0 fully saturated rings. The summed E-state index contributed by atoms with van der Waals surface area (Å²) in [6, 6.07) is 4.78. The van der Waals surface area contributed by atoms with Gasteiger partial charge in [-0.25, -0.2) is 17.9 Å². The van der Waals surface area contributed by atoms with Crippen molar-refractivity contribution in [2.45, 2.75) is 5.51 Å². The predicted molar refractivity (Wildman–Crippen MR) is 86.7 cm³/mol. The highest BCUT2D eigenvalue weighted by molar-refractivity contribution is 14.1. The van der Waals surface area contributed by atoms with Gasteiger partial charge < -0.3 is 9.64 Å². The molecule has 1 rings (SSSR count). The number of hydrogen-bond acceptors (Lipinski definition) is 5. The van der Waals surface area contributed by atoms with E-state index in [-0.39, 0.29) is 5.56 Å². The van der Waals surface area contributed by atoms with Crippen LogP contribution in [0.15, 0.2) is 18.2 Å². The van der Waals surface area contributed by atoms with Crippen molar-refractivity contribution in [3.05, 3.63) is 27.3 Å². The van der Waals surface area contributed by atoms with Gasteiger partial charge in [0.15, 0.2) is 0 Å². The van der Waals surface area contributed by atoms with Crippen molar-refractivity contribution in [1.82, 2.24) is 4.72 Å². The van der Waals surface area contributed by atoms with Gasteiger partial charge >= 0.3 is 21.5 Å². The molecule has 0 saturated carbocycles. The number of carbonyl (C=O) groups is 1. The van der Waals surface area contributed by atoms with Crippen molar-refractivity contribution in [3.63, 3.8) is 0 Å². The Balaban J connectivity index is 2.57. The van der Waals surface area contributed by atoms with Crippen molar-refractivity contribution < 1.29 is 31.1 Å². The third kappa shape index (κ3) is 5.49. The van der Waals surface area contributed by atoms with Gasteiger partial charge in [-0.1, -0.05) is 0 Å². The first-order valence-electron chi connectivity index (χ1n) is 6.15. The molecule has 0 atom stereocenters. The van der Waals surface area contributed by atoms with E-state index in [0.29, 0.717) is 0 Å². The zero-order valence-electron chi connectivity index (χ0n) is 12.1. The Hall–Kier alpha value is -1.08. The molecule has 0 radical (unpaired) electrons. The highest BCUT2D eigenvalue weighted by Crippen LogP contribution is 2.22. The fourth-order valence-corrected chi connectivity index (χ4v) is 2.99. The molecule has 1 aromatic carbocycles. The fraction of sp³-hybridized carbons (Fsp3) is 0.417. The molecule has 0 aromatic heterocycles. The van der Waals surface area contributed by atoms with Crippen molar-refractivity contribution in [1.29, 1.82) is 0 Å². The van der Waals surface area contributed by atoms with Crippen molar-refractivity contribution in [2.75, 3.05) is 32.1 Å². The molecule has 11 heteroatoms. The predicted octanol–water partition coefficient (Wildman–Crippen LogP) is 1.95. The minimum absolute atomic E-state index is 0.221. The van der Waals surface area contributed by atoms with Crippen LogP contribution in [0.5, 0.6) is 0 Å². The van der Waals surface area contributed by atoms with Gasteiger partial charge in [0.2, 0.25) is 0 Å². The van der Waals surface area contributed by atoms with Gasteiger partial charge in [0, 0.05) is 29.9 Å². The lowest BCUT2D eigenvalue weighted by atomic mass is 10.2. The van der Waals surface area contributed by atoms with E-state index in [1.54, 1.807) is 12.1 Å². The van der Waals surface area contributed by atoms with E-state index < -0.39 is 34.7 Å². The van der Waals surface area contributed by atoms with Crippen LogP contribution in [-0.2, 0) is 14.8 Å². The number of halogens is 4. The summed E-state index contributed by atoms with van der Waals surface area (Å²) < 4.78 is 64.5. The van der Waals surface area contributed by atoms with Gasteiger partial charge in [0.25, 0.3) is 0 Å². The molecule has 1 aromatic rings. The SMILES string of the molecule is CN(C)c1ccc(C(=O)OCCNS(=O)(=O)C(F)(F)F)cc1I. The highest BCUT2D eigenvalue weighted by Gasteiger charge is 2.45. The minimum atomic E-state index is -5.43. The summed E-state index contributed by atoms with van der Waals surface area (Å²) in [4.78, 5) is 13.6. The van der Waals surface area contributed by atoms with E-state index in [9.17, 15) is 26.4 Å². The summed E-state index contributed by atoms with van der Waals surface area (Å²) in [7, 11) is -1.76. The maximum Gasteiger partial charge on any atom is 0.511 e. The number of anilines is 1. The normalized spacial score (nSPS) is 12.1.